The van der Waals surface area contributed by atoms with Crippen LogP contribution < -0.4 is 5.32 Å². The predicted molar refractivity (Wildman–Crippen MR) is 111 cm³/mol. The summed E-state index contributed by atoms with van der Waals surface area (Å²) in [5.41, 5.74) is 1.21. The van der Waals surface area contributed by atoms with Gasteiger partial charge in [-0.25, -0.2) is 4.39 Å². The standard InChI is InChI=1S/C23H28FN3O2/c1-26-13-15-27(16-14-26)21(18-7-3-2-4-8-18)17-25-23(29)12-11-22(28)19-9-5-6-10-20(19)24/h2-10,21H,11-17H2,1H3,(H,25,29). The van der Waals surface area contributed by atoms with E-state index < -0.39 is 5.82 Å². The average Bonchev–Trinajstić information content (AvgIpc) is 2.74. The van der Waals surface area contributed by atoms with Crippen molar-refractivity contribution in [1.82, 2.24) is 15.1 Å². The van der Waals surface area contributed by atoms with E-state index in [0.717, 1.165) is 26.2 Å². The lowest BCUT2D eigenvalue weighted by molar-refractivity contribution is -0.121. The number of nitrogens with one attached hydrogen (secondary N) is 1. The van der Waals surface area contributed by atoms with Crippen molar-refractivity contribution < 1.29 is 14.0 Å². The van der Waals surface area contributed by atoms with Crippen LogP contribution in [-0.4, -0.2) is 61.3 Å². The van der Waals surface area contributed by atoms with Crippen LogP contribution in [0.4, 0.5) is 4.39 Å². The van der Waals surface area contributed by atoms with E-state index in [-0.39, 0.29) is 36.1 Å². The molecular weight excluding hydrogens is 369 g/mol. The van der Waals surface area contributed by atoms with E-state index in [1.54, 1.807) is 12.1 Å². The summed E-state index contributed by atoms with van der Waals surface area (Å²) >= 11 is 0. The van der Waals surface area contributed by atoms with Crippen molar-refractivity contribution in [3.63, 3.8) is 0 Å². The summed E-state index contributed by atoms with van der Waals surface area (Å²) in [5, 5.41) is 2.97. The third kappa shape index (κ3) is 5.95. The molecule has 1 N–H and O–H groups in total. The highest BCUT2D eigenvalue weighted by atomic mass is 19.1. The summed E-state index contributed by atoms with van der Waals surface area (Å²) in [7, 11) is 2.11. The van der Waals surface area contributed by atoms with E-state index in [1.165, 1.54) is 17.7 Å². The second-order valence-corrected chi connectivity index (χ2v) is 7.47. The molecule has 0 bridgehead atoms. The molecule has 1 heterocycles. The molecule has 1 aliphatic heterocycles. The molecule has 6 heteroatoms. The summed E-state index contributed by atoms with van der Waals surface area (Å²) in [5.74, 6) is -1.08. The fourth-order valence-electron chi connectivity index (χ4n) is 3.61. The van der Waals surface area contributed by atoms with Gasteiger partial charge in [-0.2, -0.15) is 0 Å². The van der Waals surface area contributed by atoms with Gasteiger partial charge < -0.3 is 10.2 Å². The molecule has 2 aromatic carbocycles. The van der Waals surface area contributed by atoms with Gasteiger partial charge in [-0.15, -0.1) is 0 Å². The molecule has 1 unspecified atom stereocenters. The third-order valence-corrected chi connectivity index (χ3v) is 5.41. The van der Waals surface area contributed by atoms with E-state index >= 15 is 0 Å². The Morgan fingerprint density at radius 2 is 1.62 bits per heavy atom. The number of amides is 1. The molecule has 0 aromatic heterocycles. The van der Waals surface area contributed by atoms with Crippen LogP contribution in [0.2, 0.25) is 0 Å². The van der Waals surface area contributed by atoms with E-state index in [1.807, 2.05) is 18.2 Å². The number of nitrogens with zero attached hydrogens (tertiary/aromatic N) is 2. The highest BCUT2D eigenvalue weighted by Crippen LogP contribution is 2.21. The maximum absolute atomic E-state index is 13.7. The van der Waals surface area contributed by atoms with Gasteiger partial charge in [0.1, 0.15) is 5.82 Å². The van der Waals surface area contributed by atoms with E-state index in [0.29, 0.717) is 6.54 Å². The van der Waals surface area contributed by atoms with Gasteiger partial charge in [-0.3, -0.25) is 14.5 Å². The zero-order valence-corrected chi connectivity index (χ0v) is 16.8. The predicted octanol–water partition coefficient (Wildman–Crippen LogP) is 2.89. The quantitative estimate of drug-likeness (QED) is 0.696. The molecule has 0 saturated carbocycles. The largest absolute Gasteiger partial charge is 0.354 e. The van der Waals surface area contributed by atoms with Gasteiger partial charge in [0.2, 0.25) is 5.91 Å². The van der Waals surface area contributed by atoms with Crippen molar-refractivity contribution in [2.75, 3.05) is 39.8 Å². The normalized spacial score (nSPS) is 16.3. The number of benzene rings is 2. The molecule has 1 atom stereocenters. The number of carbonyl (C=O) groups is 2. The van der Waals surface area contributed by atoms with E-state index in [2.05, 4.69) is 34.3 Å². The number of likely N-dealkylation sites (N-methyl/N-ethyl adjacent to an activating group) is 1. The molecule has 154 valence electrons. The molecule has 29 heavy (non-hydrogen) atoms. The zero-order chi connectivity index (χ0) is 20.6. The molecular formula is C23H28FN3O2. The van der Waals surface area contributed by atoms with Crippen LogP contribution in [0, 0.1) is 5.82 Å². The maximum atomic E-state index is 13.7. The van der Waals surface area contributed by atoms with Crippen LogP contribution in [0.1, 0.15) is 34.8 Å². The fourth-order valence-corrected chi connectivity index (χ4v) is 3.61. The number of rotatable bonds is 8. The first-order valence-corrected chi connectivity index (χ1v) is 10.1. The first kappa shape index (κ1) is 21.1. The lowest BCUT2D eigenvalue weighted by atomic mass is 10.0. The first-order valence-electron chi connectivity index (χ1n) is 10.1. The number of hydrogen-bond donors (Lipinski definition) is 1. The molecule has 1 amide bonds. The summed E-state index contributed by atoms with van der Waals surface area (Å²) < 4.78 is 13.7. The van der Waals surface area contributed by atoms with Gasteiger partial charge in [0.05, 0.1) is 11.6 Å². The summed E-state index contributed by atoms with van der Waals surface area (Å²) in [4.78, 5) is 29.2. The molecule has 1 fully saturated rings. The molecule has 0 radical (unpaired) electrons. The Balaban J connectivity index is 1.55. The Labute approximate surface area is 171 Å². The number of Topliss-reactive ketones (excluding diaryl/α,β-unsaturated/α-hetero) is 1. The lowest BCUT2D eigenvalue weighted by Gasteiger charge is -2.38. The Kier molecular flexibility index (Phi) is 7.49. The van der Waals surface area contributed by atoms with Gasteiger partial charge in [-0.05, 0) is 24.7 Å². The minimum atomic E-state index is -0.544. The monoisotopic (exact) mass is 397 g/mol. The van der Waals surface area contributed by atoms with Crippen LogP contribution in [0.15, 0.2) is 54.6 Å². The van der Waals surface area contributed by atoms with Gasteiger partial charge in [0.25, 0.3) is 0 Å². The summed E-state index contributed by atoms with van der Waals surface area (Å²) in [6.07, 6.45) is 0.0503. The average molecular weight is 397 g/mol. The minimum absolute atomic E-state index is 0.00270. The van der Waals surface area contributed by atoms with Crippen molar-refractivity contribution in [1.29, 1.82) is 0 Å². The van der Waals surface area contributed by atoms with E-state index in [9.17, 15) is 14.0 Å². The van der Waals surface area contributed by atoms with Crippen LogP contribution in [0.25, 0.3) is 0 Å². The molecule has 0 aliphatic carbocycles. The number of ketones is 1. The highest BCUT2D eigenvalue weighted by molar-refractivity contribution is 5.98. The Hall–Kier alpha value is -2.57. The first-order chi connectivity index (χ1) is 14.0. The Morgan fingerprint density at radius 3 is 2.31 bits per heavy atom. The van der Waals surface area contributed by atoms with Crippen LogP contribution >= 0.6 is 0 Å². The summed E-state index contributed by atoms with van der Waals surface area (Å²) in [6.45, 7) is 4.36. The molecule has 1 saturated heterocycles. The summed E-state index contributed by atoms with van der Waals surface area (Å²) in [6, 6.07) is 16.1. The second kappa shape index (κ2) is 10.3. The topological polar surface area (TPSA) is 52.6 Å². The van der Waals surface area contributed by atoms with Crippen LogP contribution in [-0.2, 0) is 4.79 Å². The van der Waals surface area contributed by atoms with Crippen LogP contribution in [0.3, 0.4) is 0 Å². The molecule has 2 aromatic rings. The maximum Gasteiger partial charge on any atom is 0.220 e. The number of hydrogen-bond acceptors (Lipinski definition) is 4. The molecule has 5 nitrogen and oxygen atoms in total. The number of halogens is 1. The van der Waals surface area contributed by atoms with E-state index in [4.69, 9.17) is 0 Å². The smallest absolute Gasteiger partial charge is 0.220 e. The minimum Gasteiger partial charge on any atom is -0.354 e. The SMILES string of the molecule is CN1CCN(C(CNC(=O)CCC(=O)c2ccccc2F)c2ccccc2)CC1. The van der Waals surface area contributed by atoms with Gasteiger partial charge >= 0.3 is 0 Å². The number of carbonyl (C=O) groups excluding carboxylic acids is 2. The lowest BCUT2D eigenvalue weighted by Crippen LogP contribution is -2.48. The van der Waals surface area contributed by atoms with Crippen molar-refractivity contribution in [2.45, 2.75) is 18.9 Å². The van der Waals surface area contributed by atoms with Gasteiger partial charge in [0, 0.05) is 45.6 Å². The molecule has 3 rings (SSSR count). The molecule has 0 spiro atoms. The fraction of sp³-hybridized carbons (Fsp3) is 0.391. The molecule has 1 aliphatic rings. The van der Waals surface area contributed by atoms with Crippen LogP contribution in [0.5, 0.6) is 0 Å². The van der Waals surface area contributed by atoms with Gasteiger partial charge in [-0.1, -0.05) is 42.5 Å². The Morgan fingerprint density at radius 1 is 0.966 bits per heavy atom. The second-order valence-electron chi connectivity index (χ2n) is 7.47. The van der Waals surface area contributed by atoms with Crippen molar-refractivity contribution in [2.24, 2.45) is 0 Å². The third-order valence-electron chi connectivity index (χ3n) is 5.41. The van der Waals surface area contributed by atoms with Crippen molar-refractivity contribution in [3.05, 3.63) is 71.5 Å². The number of piperazine rings is 1. The Bertz CT molecular complexity index is 820. The zero-order valence-electron chi connectivity index (χ0n) is 16.8. The van der Waals surface area contributed by atoms with Crippen molar-refractivity contribution in [3.8, 4) is 0 Å². The van der Waals surface area contributed by atoms with Gasteiger partial charge in [0.15, 0.2) is 5.78 Å². The van der Waals surface area contributed by atoms with Crippen molar-refractivity contribution >= 4 is 11.7 Å². The highest BCUT2D eigenvalue weighted by Gasteiger charge is 2.24.